The first-order valence-corrected chi connectivity index (χ1v) is 18.7. The third-order valence-electron chi connectivity index (χ3n) is 10.3. The lowest BCUT2D eigenvalue weighted by atomic mass is 9.93. The van der Waals surface area contributed by atoms with Gasteiger partial charge in [0.2, 0.25) is 17.7 Å². The highest BCUT2D eigenvalue weighted by Gasteiger charge is 2.50. The van der Waals surface area contributed by atoms with Crippen molar-refractivity contribution in [1.29, 1.82) is 0 Å². The molecule has 15 heteroatoms. The van der Waals surface area contributed by atoms with E-state index in [1.807, 2.05) is 35.2 Å². The number of aromatic amines is 1. The summed E-state index contributed by atoms with van der Waals surface area (Å²) in [6, 6.07) is 11.7. The molecule has 0 unspecified atom stereocenters. The van der Waals surface area contributed by atoms with Gasteiger partial charge in [0.1, 0.15) is 17.8 Å². The van der Waals surface area contributed by atoms with E-state index in [1.54, 1.807) is 4.90 Å². The number of alkyl halides is 2. The zero-order valence-corrected chi connectivity index (χ0v) is 28.7. The molecule has 50 heavy (non-hydrogen) atoms. The molecule has 1 aromatic heterocycles. The van der Waals surface area contributed by atoms with Gasteiger partial charge in [0.25, 0.3) is 5.91 Å². The first-order valence-electron chi connectivity index (χ1n) is 17.0. The lowest BCUT2D eigenvalue weighted by molar-refractivity contribution is -0.150. The van der Waals surface area contributed by atoms with E-state index in [1.165, 1.54) is 24.0 Å². The third-order valence-corrected chi connectivity index (χ3v) is 11.3. The Morgan fingerprint density at radius 2 is 1.72 bits per heavy atom. The summed E-state index contributed by atoms with van der Waals surface area (Å²) in [6.45, 7) is 2.02. The average Bonchev–Trinajstić information content (AvgIpc) is 3.71. The molecule has 0 bridgehead atoms. The molecule has 2 aliphatic heterocycles. The number of rotatable bonds is 8. The predicted octanol–water partition coefficient (Wildman–Crippen LogP) is 4.47. The lowest BCUT2D eigenvalue weighted by Crippen LogP contribution is -2.61. The van der Waals surface area contributed by atoms with Crippen LogP contribution < -0.4 is 5.32 Å². The first kappa shape index (κ1) is 35.7. The summed E-state index contributed by atoms with van der Waals surface area (Å²) in [4.78, 5) is 81.3. The van der Waals surface area contributed by atoms with Crippen molar-refractivity contribution in [2.45, 2.75) is 94.7 Å². The third kappa shape index (κ3) is 7.19. The zero-order chi connectivity index (χ0) is 35.8. The number of nitrogens with one attached hydrogen (secondary N) is 2. The Morgan fingerprint density at radius 1 is 1.00 bits per heavy atom. The fourth-order valence-corrected chi connectivity index (χ4v) is 8.08. The van der Waals surface area contributed by atoms with E-state index in [9.17, 15) is 32.5 Å². The summed E-state index contributed by atoms with van der Waals surface area (Å²) < 4.78 is 40.2. The SMILES string of the molecule is CC(=O)N1CC[C@H]2CC[C@@H](C(=O)N(Cc3ccccc3)C3CCCCC3)N2C(=O)[C@@H](NC(=O)c2cc3cc(C(F)(F)P(=O)(O)O)ccc3[nH]2)C1. The van der Waals surface area contributed by atoms with Crippen LogP contribution in [0.25, 0.3) is 10.9 Å². The number of hydrogen-bond donors (Lipinski definition) is 4. The molecular formula is C35H42F2N5O7P. The van der Waals surface area contributed by atoms with Gasteiger partial charge in [-0.15, -0.1) is 0 Å². The van der Waals surface area contributed by atoms with Gasteiger partial charge in [0.05, 0.1) is 0 Å². The normalized spacial score (nSPS) is 22.2. The highest BCUT2D eigenvalue weighted by Crippen LogP contribution is 2.59. The second-order valence-electron chi connectivity index (χ2n) is 13.6. The molecular weight excluding hydrogens is 671 g/mol. The average molecular weight is 714 g/mol. The number of halogens is 2. The van der Waals surface area contributed by atoms with Crippen LogP contribution in [0.3, 0.4) is 0 Å². The van der Waals surface area contributed by atoms with Crippen molar-refractivity contribution in [3.05, 3.63) is 71.4 Å². The Hall–Kier alpha value is -4.13. The summed E-state index contributed by atoms with van der Waals surface area (Å²) in [5.41, 5.74) is -4.19. The lowest BCUT2D eigenvalue weighted by Gasteiger charge is -2.41. The van der Waals surface area contributed by atoms with Crippen LogP contribution in [-0.2, 0) is 31.2 Å². The molecule has 1 saturated carbocycles. The Kier molecular flexibility index (Phi) is 10.2. The van der Waals surface area contributed by atoms with Crippen LogP contribution in [0.1, 0.15) is 79.9 Å². The zero-order valence-electron chi connectivity index (χ0n) is 27.8. The van der Waals surface area contributed by atoms with Crippen LogP contribution in [0.5, 0.6) is 0 Å². The first-order chi connectivity index (χ1) is 23.7. The van der Waals surface area contributed by atoms with Crippen LogP contribution in [0, 0.1) is 0 Å². The minimum atomic E-state index is -5.81. The standard InChI is InChI=1S/C35H42F2N5O7P/c1-22(43)40-17-16-27-13-15-31(34(46)41(26-10-6-3-7-11-26)20-23-8-4-2-5-9-23)42(27)33(45)30(21-40)39-32(44)29-19-24-18-25(12-14-28(24)38-29)35(36,37)50(47,48)49/h2,4-5,8-9,12,14,18-19,26-27,30-31,38H,3,6-7,10-11,13,15-17,20-21H2,1H3,(H,39,44)(H2,47,48,49)/t27-,30+,31+/m1/s1. The Morgan fingerprint density at radius 3 is 2.40 bits per heavy atom. The summed E-state index contributed by atoms with van der Waals surface area (Å²) in [5, 5.41) is 2.82. The van der Waals surface area contributed by atoms with Crippen molar-refractivity contribution in [3.63, 3.8) is 0 Å². The van der Waals surface area contributed by atoms with Crippen LogP contribution in [0.2, 0.25) is 0 Å². The van der Waals surface area contributed by atoms with E-state index in [-0.39, 0.29) is 47.0 Å². The summed E-state index contributed by atoms with van der Waals surface area (Å²) in [7, 11) is -5.81. The number of benzene rings is 2. The van der Waals surface area contributed by atoms with E-state index in [4.69, 9.17) is 9.79 Å². The molecule has 3 aliphatic rings. The Labute approximate surface area is 288 Å². The van der Waals surface area contributed by atoms with Gasteiger partial charge in [0, 0.05) is 55.1 Å². The molecule has 4 N–H and O–H groups in total. The van der Waals surface area contributed by atoms with Crippen LogP contribution in [-0.4, -0.2) is 90.4 Å². The molecule has 0 spiro atoms. The maximum atomic E-state index is 14.5. The van der Waals surface area contributed by atoms with Gasteiger partial charge in [-0.25, -0.2) is 0 Å². The smallest absolute Gasteiger partial charge is 0.351 e. The molecule has 12 nitrogen and oxygen atoms in total. The number of fused-ring (bicyclic) bond motifs is 2. The van der Waals surface area contributed by atoms with E-state index >= 15 is 0 Å². The van der Waals surface area contributed by atoms with Gasteiger partial charge in [-0.2, -0.15) is 8.78 Å². The molecule has 4 amide bonds. The molecule has 0 radical (unpaired) electrons. The predicted molar refractivity (Wildman–Crippen MR) is 180 cm³/mol. The summed E-state index contributed by atoms with van der Waals surface area (Å²) >= 11 is 0. The fraction of sp³-hybridized carbons (Fsp3) is 0.486. The Bertz CT molecular complexity index is 1810. The number of hydrogen-bond acceptors (Lipinski definition) is 5. The second-order valence-corrected chi connectivity index (χ2v) is 15.2. The topological polar surface area (TPSA) is 163 Å². The van der Waals surface area contributed by atoms with Crippen molar-refractivity contribution >= 4 is 42.1 Å². The number of carbonyl (C=O) groups excluding carboxylic acids is 4. The van der Waals surface area contributed by atoms with E-state index < -0.39 is 42.7 Å². The molecule has 268 valence electrons. The van der Waals surface area contributed by atoms with Crippen LogP contribution >= 0.6 is 7.60 Å². The number of H-pyrrole nitrogens is 1. The van der Waals surface area contributed by atoms with Gasteiger partial charge in [-0.1, -0.05) is 55.7 Å². The minimum absolute atomic E-state index is 0.0493. The number of carbonyl (C=O) groups is 4. The van der Waals surface area contributed by atoms with Gasteiger partial charge >= 0.3 is 13.3 Å². The summed E-state index contributed by atoms with van der Waals surface area (Å²) in [5.74, 6) is -1.62. The highest BCUT2D eigenvalue weighted by molar-refractivity contribution is 7.52. The maximum Gasteiger partial charge on any atom is 0.399 e. The molecule has 3 aromatic rings. The molecule has 3 fully saturated rings. The van der Waals surface area contributed by atoms with E-state index in [2.05, 4.69) is 10.3 Å². The monoisotopic (exact) mass is 713 g/mol. The Balaban J connectivity index is 1.27. The molecule has 1 aliphatic carbocycles. The van der Waals surface area contributed by atoms with Crippen molar-refractivity contribution in [2.75, 3.05) is 13.1 Å². The van der Waals surface area contributed by atoms with Crippen molar-refractivity contribution in [3.8, 4) is 0 Å². The van der Waals surface area contributed by atoms with Crippen molar-refractivity contribution in [2.24, 2.45) is 0 Å². The van der Waals surface area contributed by atoms with Gasteiger partial charge in [-0.05, 0) is 55.9 Å². The minimum Gasteiger partial charge on any atom is -0.351 e. The fourth-order valence-electron chi connectivity index (χ4n) is 7.61. The number of amides is 4. The second kappa shape index (κ2) is 14.2. The number of nitrogens with zero attached hydrogens (tertiary/aromatic N) is 3. The highest BCUT2D eigenvalue weighted by atomic mass is 31.2. The molecule has 2 saturated heterocycles. The van der Waals surface area contributed by atoms with Gasteiger partial charge in [-0.3, -0.25) is 23.7 Å². The molecule has 2 aromatic carbocycles. The van der Waals surface area contributed by atoms with Gasteiger partial charge in [0.15, 0.2) is 0 Å². The van der Waals surface area contributed by atoms with Crippen LogP contribution in [0.15, 0.2) is 54.6 Å². The van der Waals surface area contributed by atoms with Crippen molar-refractivity contribution in [1.82, 2.24) is 25.0 Å². The van der Waals surface area contributed by atoms with E-state index in [0.29, 0.717) is 32.4 Å². The van der Waals surface area contributed by atoms with Gasteiger partial charge < -0.3 is 34.8 Å². The molecule has 6 rings (SSSR count). The van der Waals surface area contributed by atoms with Crippen molar-refractivity contribution < 1.29 is 42.3 Å². The van der Waals surface area contributed by atoms with E-state index in [0.717, 1.165) is 49.8 Å². The largest absolute Gasteiger partial charge is 0.399 e. The quantitative estimate of drug-likeness (QED) is 0.251. The molecule has 3 atom stereocenters. The maximum absolute atomic E-state index is 14.5. The molecule has 3 heterocycles. The van der Waals surface area contributed by atoms with Crippen LogP contribution in [0.4, 0.5) is 8.78 Å². The summed E-state index contributed by atoms with van der Waals surface area (Å²) in [6.07, 6.45) is 6.45. The number of aromatic nitrogens is 1.